The summed E-state index contributed by atoms with van der Waals surface area (Å²) in [6.45, 7) is 5.73. The van der Waals surface area contributed by atoms with Gasteiger partial charge < -0.3 is 14.8 Å². The minimum Gasteiger partial charge on any atom is -0.361 e. The number of aromatic nitrogens is 4. The molecule has 1 aliphatic rings. The van der Waals surface area contributed by atoms with Gasteiger partial charge in [0.2, 0.25) is 0 Å². The van der Waals surface area contributed by atoms with Gasteiger partial charge in [0.1, 0.15) is 12.7 Å². The third-order valence-corrected chi connectivity index (χ3v) is 6.82. The fourth-order valence-electron chi connectivity index (χ4n) is 4.79. The molecule has 1 saturated heterocycles. The van der Waals surface area contributed by atoms with Crippen molar-refractivity contribution in [1.29, 1.82) is 0 Å². The number of halogens is 3. The second-order valence-corrected chi connectivity index (χ2v) is 9.15. The maximum absolute atomic E-state index is 12.9. The van der Waals surface area contributed by atoms with E-state index in [4.69, 9.17) is 0 Å². The second kappa shape index (κ2) is 10.2. The van der Waals surface area contributed by atoms with Crippen molar-refractivity contribution in [3.05, 3.63) is 78.0 Å². The molecule has 4 aromatic rings. The van der Waals surface area contributed by atoms with Gasteiger partial charge >= 0.3 is 6.18 Å². The van der Waals surface area contributed by atoms with Gasteiger partial charge in [0.05, 0.1) is 5.56 Å². The van der Waals surface area contributed by atoms with Crippen LogP contribution in [0.1, 0.15) is 23.1 Å². The van der Waals surface area contributed by atoms with Gasteiger partial charge in [0.25, 0.3) is 0 Å². The summed E-state index contributed by atoms with van der Waals surface area (Å²) in [6.07, 6.45) is 3.94. The monoisotopic (exact) mass is 482 g/mol. The topological polar surface area (TPSA) is 53.0 Å². The molecule has 0 spiro atoms. The number of nitrogens with one attached hydrogen (secondary N) is 1. The SMILES string of the molecule is FC(F)(F)c1cccc(CCN2CCN(CCCc3c[nH]c4ccc(-n5cnnc5)cc34)CC2)c1. The van der Waals surface area contributed by atoms with Crippen LogP contribution < -0.4 is 0 Å². The van der Waals surface area contributed by atoms with Crippen LogP contribution in [0.3, 0.4) is 0 Å². The molecule has 1 aliphatic heterocycles. The number of piperazine rings is 1. The molecule has 0 saturated carbocycles. The third-order valence-electron chi connectivity index (χ3n) is 6.82. The normalized spacial score (nSPS) is 15.7. The summed E-state index contributed by atoms with van der Waals surface area (Å²) in [6, 6.07) is 12.0. The first-order valence-electron chi connectivity index (χ1n) is 12.0. The van der Waals surface area contributed by atoms with E-state index in [1.54, 1.807) is 18.7 Å². The number of aryl methyl sites for hydroxylation is 1. The molecule has 0 aliphatic carbocycles. The molecular formula is C26H29F3N6. The first kappa shape index (κ1) is 23.6. The molecule has 5 rings (SSSR count). The number of H-pyrrole nitrogens is 1. The van der Waals surface area contributed by atoms with E-state index in [1.165, 1.54) is 23.1 Å². The lowest BCUT2D eigenvalue weighted by Crippen LogP contribution is -2.47. The van der Waals surface area contributed by atoms with Gasteiger partial charge in [-0.25, -0.2) is 0 Å². The Balaban J connectivity index is 1.07. The van der Waals surface area contributed by atoms with Crippen LogP contribution >= 0.6 is 0 Å². The molecule has 0 unspecified atom stereocenters. The van der Waals surface area contributed by atoms with Gasteiger partial charge in [0.15, 0.2) is 0 Å². The molecule has 35 heavy (non-hydrogen) atoms. The maximum atomic E-state index is 12.9. The van der Waals surface area contributed by atoms with Crippen LogP contribution in [-0.4, -0.2) is 68.8 Å². The summed E-state index contributed by atoms with van der Waals surface area (Å²) < 4.78 is 40.7. The predicted octanol–water partition coefficient (Wildman–Crippen LogP) is 4.56. The van der Waals surface area contributed by atoms with Crippen LogP contribution in [0.25, 0.3) is 16.6 Å². The van der Waals surface area contributed by atoms with Crippen molar-refractivity contribution in [2.45, 2.75) is 25.4 Å². The summed E-state index contributed by atoms with van der Waals surface area (Å²) in [4.78, 5) is 8.21. The highest BCUT2D eigenvalue weighted by molar-refractivity contribution is 5.85. The summed E-state index contributed by atoms with van der Waals surface area (Å²) in [7, 11) is 0. The highest BCUT2D eigenvalue weighted by atomic mass is 19.4. The predicted molar refractivity (Wildman–Crippen MR) is 130 cm³/mol. The van der Waals surface area contributed by atoms with Crippen molar-refractivity contribution in [3.63, 3.8) is 0 Å². The molecule has 2 aromatic heterocycles. The largest absolute Gasteiger partial charge is 0.416 e. The summed E-state index contributed by atoms with van der Waals surface area (Å²) in [5, 5.41) is 9.01. The molecule has 1 N–H and O–H groups in total. The average molecular weight is 483 g/mol. The highest BCUT2D eigenvalue weighted by Crippen LogP contribution is 2.29. The van der Waals surface area contributed by atoms with Gasteiger partial charge in [-0.2, -0.15) is 13.2 Å². The Bertz CT molecular complexity index is 1240. The molecule has 1 fully saturated rings. The van der Waals surface area contributed by atoms with E-state index in [0.717, 1.165) is 74.9 Å². The van der Waals surface area contributed by atoms with E-state index in [9.17, 15) is 13.2 Å². The average Bonchev–Trinajstić information content (AvgIpc) is 3.54. The molecule has 0 bridgehead atoms. The van der Waals surface area contributed by atoms with Crippen LogP contribution in [0.2, 0.25) is 0 Å². The molecule has 3 heterocycles. The molecule has 9 heteroatoms. The number of nitrogens with zero attached hydrogens (tertiary/aromatic N) is 5. The van der Waals surface area contributed by atoms with E-state index in [-0.39, 0.29) is 0 Å². The Morgan fingerprint density at radius 1 is 0.857 bits per heavy atom. The lowest BCUT2D eigenvalue weighted by molar-refractivity contribution is -0.137. The fraction of sp³-hybridized carbons (Fsp3) is 0.385. The second-order valence-electron chi connectivity index (χ2n) is 9.15. The van der Waals surface area contributed by atoms with E-state index in [2.05, 4.69) is 49.4 Å². The maximum Gasteiger partial charge on any atom is 0.416 e. The molecule has 0 amide bonds. The first-order valence-corrected chi connectivity index (χ1v) is 12.0. The summed E-state index contributed by atoms with van der Waals surface area (Å²) in [5.74, 6) is 0. The molecule has 0 radical (unpaired) electrons. The van der Waals surface area contributed by atoms with Crippen molar-refractivity contribution < 1.29 is 13.2 Å². The molecule has 2 aromatic carbocycles. The first-order chi connectivity index (χ1) is 17.0. The smallest absolute Gasteiger partial charge is 0.361 e. The van der Waals surface area contributed by atoms with Crippen LogP contribution in [0.4, 0.5) is 13.2 Å². The van der Waals surface area contributed by atoms with Crippen LogP contribution in [-0.2, 0) is 19.0 Å². The Morgan fingerprint density at radius 3 is 2.34 bits per heavy atom. The number of rotatable bonds is 8. The zero-order valence-corrected chi connectivity index (χ0v) is 19.5. The van der Waals surface area contributed by atoms with Gasteiger partial charge in [-0.05, 0) is 61.2 Å². The number of aromatic amines is 1. The van der Waals surface area contributed by atoms with Crippen LogP contribution in [0.5, 0.6) is 0 Å². The zero-order chi connectivity index (χ0) is 24.3. The zero-order valence-electron chi connectivity index (χ0n) is 19.5. The van der Waals surface area contributed by atoms with E-state index in [0.29, 0.717) is 6.42 Å². The molecule has 184 valence electrons. The van der Waals surface area contributed by atoms with E-state index < -0.39 is 11.7 Å². The Kier molecular flexibility index (Phi) is 6.88. The highest BCUT2D eigenvalue weighted by Gasteiger charge is 2.30. The molecule has 6 nitrogen and oxygen atoms in total. The standard InChI is InChI=1S/C26H29F3N6/c27-26(28,29)22-5-1-3-20(15-22)8-10-34-13-11-33(12-14-34)9-2-4-21-17-30-25-7-6-23(16-24(21)25)35-18-31-32-19-35/h1,3,5-7,15-19,30H,2,4,8-14H2. The van der Waals surface area contributed by atoms with Gasteiger partial charge in [-0.3, -0.25) is 4.57 Å². The number of hydrogen-bond donors (Lipinski definition) is 1. The third kappa shape index (κ3) is 5.74. The van der Waals surface area contributed by atoms with Crippen molar-refractivity contribution >= 4 is 10.9 Å². The number of hydrogen-bond acceptors (Lipinski definition) is 4. The Labute approximate surface area is 202 Å². The quantitative estimate of drug-likeness (QED) is 0.400. The van der Waals surface area contributed by atoms with Crippen LogP contribution in [0.15, 0.2) is 61.3 Å². The van der Waals surface area contributed by atoms with E-state index >= 15 is 0 Å². The lowest BCUT2D eigenvalue weighted by atomic mass is 10.1. The number of alkyl halides is 3. The van der Waals surface area contributed by atoms with Gasteiger partial charge in [-0.15, -0.1) is 10.2 Å². The molecular weight excluding hydrogens is 453 g/mol. The number of benzene rings is 2. The van der Waals surface area contributed by atoms with Crippen molar-refractivity contribution in [1.82, 2.24) is 29.5 Å². The Morgan fingerprint density at radius 2 is 1.60 bits per heavy atom. The van der Waals surface area contributed by atoms with E-state index in [1.807, 2.05) is 4.57 Å². The summed E-state index contributed by atoms with van der Waals surface area (Å²) in [5.41, 5.74) is 3.67. The van der Waals surface area contributed by atoms with Gasteiger partial charge in [-0.1, -0.05) is 18.2 Å². The van der Waals surface area contributed by atoms with Gasteiger partial charge in [0, 0.05) is 55.5 Å². The minimum absolute atomic E-state index is 0.565. The van der Waals surface area contributed by atoms with Crippen LogP contribution in [0, 0.1) is 0 Å². The summed E-state index contributed by atoms with van der Waals surface area (Å²) >= 11 is 0. The Hall–Kier alpha value is -3.17. The van der Waals surface area contributed by atoms with Crippen molar-refractivity contribution in [2.75, 3.05) is 39.3 Å². The fourth-order valence-corrected chi connectivity index (χ4v) is 4.79. The molecule has 0 atom stereocenters. The number of fused-ring (bicyclic) bond motifs is 1. The van der Waals surface area contributed by atoms with Crippen molar-refractivity contribution in [3.8, 4) is 5.69 Å². The van der Waals surface area contributed by atoms with Crippen molar-refractivity contribution in [2.24, 2.45) is 0 Å². The minimum atomic E-state index is -4.28. The lowest BCUT2D eigenvalue weighted by Gasteiger charge is -2.34.